The first-order valence-corrected chi connectivity index (χ1v) is 9.85. The maximum Gasteiger partial charge on any atom is 0.170 e. The number of ether oxygens (including phenoxy) is 1. The maximum atomic E-state index is 13.1. The number of para-hydroxylation sites is 2. The number of hydrogen-bond donors (Lipinski definition) is 0. The van der Waals surface area contributed by atoms with Gasteiger partial charge in [-0.1, -0.05) is 48.3 Å². The Balaban J connectivity index is 1.70. The molecule has 0 fully saturated rings. The van der Waals surface area contributed by atoms with Crippen LogP contribution in [0.25, 0.3) is 16.6 Å². The maximum absolute atomic E-state index is 13.1. The summed E-state index contributed by atoms with van der Waals surface area (Å²) in [6.07, 6.45) is 1.75. The Morgan fingerprint density at radius 2 is 1.86 bits per heavy atom. The summed E-state index contributed by atoms with van der Waals surface area (Å²) >= 11 is 12.3. The summed E-state index contributed by atoms with van der Waals surface area (Å²) in [7, 11) is 1.63. The molecule has 0 radical (unpaired) electrons. The lowest BCUT2D eigenvalue weighted by molar-refractivity contribution is 0.0966. The number of ketones is 1. The van der Waals surface area contributed by atoms with Crippen LogP contribution < -0.4 is 4.74 Å². The fourth-order valence-electron chi connectivity index (χ4n) is 3.43. The molecule has 0 saturated carbocycles. The highest BCUT2D eigenvalue weighted by atomic mass is 35.5. The van der Waals surface area contributed by atoms with Crippen molar-refractivity contribution in [3.63, 3.8) is 0 Å². The van der Waals surface area contributed by atoms with Crippen molar-refractivity contribution in [1.29, 1.82) is 0 Å². The van der Waals surface area contributed by atoms with Gasteiger partial charge in [0, 0.05) is 26.9 Å². The summed E-state index contributed by atoms with van der Waals surface area (Å²) in [5, 5.41) is 6.40. The van der Waals surface area contributed by atoms with E-state index in [2.05, 4.69) is 5.10 Å². The predicted octanol–water partition coefficient (Wildman–Crippen LogP) is 6.33. The standard InChI is InChI=1S/C23H18Cl2N2O2/c1-14(18-9-8-17(24)12-19(18)25)23(28)15-7-10-20-16(11-15)13-26-27(20)21-5-3-4-6-22(21)29-2/h3-14H,1-2H3. The molecule has 146 valence electrons. The van der Waals surface area contributed by atoms with E-state index < -0.39 is 0 Å². The zero-order valence-electron chi connectivity index (χ0n) is 15.9. The van der Waals surface area contributed by atoms with Crippen LogP contribution in [-0.4, -0.2) is 22.7 Å². The summed E-state index contributed by atoms with van der Waals surface area (Å²) in [4.78, 5) is 13.1. The first kappa shape index (κ1) is 19.5. The van der Waals surface area contributed by atoms with Gasteiger partial charge < -0.3 is 4.74 Å². The third kappa shape index (κ3) is 3.61. The Bertz CT molecular complexity index is 1220. The molecule has 0 amide bonds. The Labute approximate surface area is 178 Å². The molecule has 1 atom stereocenters. The van der Waals surface area contributed by atoms with E-state index in [9.17, 15) is 4.79 Å². The fourth-order valence-corrected chi connectivity index (χ4v) is 4.00. The number of fused-ring (bicyclic) bond motifs is 1. The van der Waals surface area contributed by atoms with Crippen molar-refractivity contribution in [1.82, 2.24) is 9.78 Å². The third-order valence-corrected chi connectivity index (χ3v) is 5.55. The van der Waals surface area contributed by atoms with Crippen LogP contribution in [0.2, 0.25) is 10.0 Å². The van der Waals surface area contributed by atoms with Gasteiger partial charge in [0.25, 0.3) is 0 Å². The molecule has 0 bridgehead atoms. The van der Waals surface area contributed by atoms with Crippen molar-refractivity contribution in [2.45, 2.75) is 12.8 Å². The monoisotopic (exact) mass is 424 g/mol. The summed E-state index contributed by atoms with van der Waals surface area (Å²) in [6.45, 7) is 1.85. The molecule has 6 heteroatoms. The molecule has 4 nitrogen and oxygen atoms in total. The number of benzene rings is 3. The van der Waals surface area contributed by atoms with Crippen molar-refractivity contribution in [2.75, 3.05) is 7.11 Å². The smallest absolute Gasteiger partial charge is 0.170 e. The number of methoxy groups -OCH3 is 1. The Morgan fingerprint density at radius 3 is 2.62 bits per heavy atom. The number of halogens is 2. The van der Waals surface area contributed by atoms with Crippen LogP contribution in [-0.2, 0) is 0 Å². The topological polar surface area (TPSA) is 44.1 Å². The molecular weight excluding hydrogens is 407 g/mol. The van der Waals surface area contributed by atoms with Crippen molar-refractivity contribution in [3.8, 4) is 11.4 Å². The lowest BCUT2D eigenvalue weighted by Gasteiger charge is -2.13. The number of Topliss-reactive ketones (excluding diaryl/α,β-unsaturated/α-hetero) is 1. The second-order valence-corrected chi connectivity index (χ2v) is 7.60. The number of nitrogens with zero attached hydrogens (tertiary/aromatic N) is 2. The second kappa shape index (κ2) is 7.90. The van der Waals surface area contributed by atoms with Gasteiger partial charge >= 0.3 is 0 Å². The molecule has 0 aliphatic heterocycles. The second-order valence-electron chi connectivity index (χ2n) is 6.75. The van der Waals surface area contributed by atoms with Gasteiger partial charge in [-0.2, -0.15) is 5.10 Å². The van der Waals surface area contributed by atoms with E-state index in [-0.39, 0.29) is 11.7 Å². The van der Waals surface area contributed by atoms with Crippen molar-refractivity contribution >= 4 is 39.9 Å². The van der Waals surface area contributed by atoms with E-state index in [1.54, 1.807) is 31.5 Å². The van der Waals surface area contributed by atoms with Crippen molar-refractivity contribution in [2.24, 2.45) is 0 Å². The zero-order valence-corrected chi connectivity index (χ0v) is 17.4. The molecule has 1 unspecified atom stereocenters. The van der Waals surface area contributed by atoms with Crippen LogP contribution in [0.5, 0.6) is 5.75 Å². The first-order chi connectivity index (χ1) is 14.0. The number of rotatable bonds is 5. The third-order valence-electron chi connectivity index (χ3n) is 4.99. The number of aromatic nitrogens is 2. The predicted molar refractivity (Wildman–Crippen MR) is 117 cm³/mol. The molecule has 3 aromatic carbocycles. The molecule has 0 aliphatic rings. The van der Waals surface area contributed by atoms with Crippen LogP contribution in [0, 0.1) is 0 Å². The number of carbonyl (C=O) groups is 1. The van der Waals surface area contributed by atoms with Crippen LogP contribution in [0.4, 0.5) is 0 Å². The quantitative estimate of drug-likeness (QED) is 0.351. The molecule has 0 aliphatic carbocycles. The van der Waals surface area contributed by atoms with Gasteiger partial charge in [0.1, 0.15) is 11.4 Å². The molecule has 29 heavy (non-hydrogen) atoms. The SMILES string of the molecule is COc1ccccc1-n1ncc2cc(C(=O)C(C)c3ccc(Cl)cc3Cl)ccc21. The lowest BCUT2D eigenvalue weighted by atomic mass is 9.92. The average molecular weight is 425 g/mol. The Hall–Kier alpha value is -2.82. The van der Waals surface area contributed by atoms with E-state index in [0.717, 1.165) is 27.9 Å². The minimum atomic E-state index is -0.388. The Morgan fingerprint density at radius 1 is 1.07 bits per heavy atom. The van der Waals surface area contributed by atoms with E-state index in [4.69, 9.17) is 27.9 Å². The highest BCUT2D eigenvalue weighted by Gasteiger charge is 2.21. The van der Waals surface area contributed by atoms with Crippen molar-refractivity contribution in [3.05, 3.63) is 88.0 Å². The highest BCUT2D eigenvalue weighted by molar-refractivity contribution is 6.35. The summed E-state index contributed by atoms with van der Waals surface area (Å²) in [6, 6.07) is 18.4. The molecule has 0 spiro atoms. The lowest BCUT2D eigenvalue weighted by Crippen LogP contribution is -2.10. The number of hydrogen-bond acceptors (Lipinski definition) is 3. The fraction of sp³-hybridized carbons (Fsp3) is 0.130. The molecule has 0 saturated heterocycles. The number of carbonyl (C=O) groups excluding carboxylic acids is 1. The van der Waals surface area contributed by atoms with Gasteiger partial charge in [0.05, 0.1) is 18.8 Å². The van der Waals surface area contributed by atoms with E-state index in [1.165, 1.54) is 0 Å². The van der Waals surface area contributed by atoms with Gasteiger partial charge in [-0.05, 0) is 48.0 Å². The molecule has 4 aromatic rings. The van der Waals surface area contributed by atoms with Crippen LogP contribution >= 0.6 is 23.2 Å². The summed E-state index contributed by atoms with van der Waals surface area (Å²) < 4.78 is 7.25. The molecule has 1 aromatic heterocycles. The first-order valence-electron chi connectivity index (χ1n) is 9.10. The van der Waals surface area contributed by atoms with Crippen molar-refractivity contribution < 1.29 is 9.53 Å². The van der Waals surface area contributed by atoms with Gasteiger partial charge in [-0.15, -0.1) is 0 Å². The van der Waals surface area contributed by atoms with Gasteiger partial charge in [0.2, 0.25) is 0 Å². The highest BCUT2D eigenvalue weighted by Crippen LogP contribution is 2.31. The zero-order chi connectivity index (χ0) is 20.5. The summed E-state index contributed by atoms with van der Waals surface area (Å²) in [5.41, 5.74) is 3.09. The normalized spacial score (nSPS) is 12.1. The molecule has 0 N–H and O–H groups in total. The van der Waals surface area contributed by atoms with Crippen LogP contribution in [0.3, 0.4) is 0 Å². The van der Waals surface area contributed by atoms with Gasteiger partial charge in [0.15, 0.2) is 5.78 Å². The molecular formula is C23H18Cl2N2O2. The average Bonchev–Trinajstić information content (AvgIpc) is 3.15. The molecule has 4 rings (SSSR count). The van der Waals surface area contributed by atoms with Gasteiger partial charge in [-0.25, -0.2) is 4.68 Å². The Kier molecular flexibility index (Phi) is 5.31. The van der Waals surface area contributed by atoms with Crippen LogP contribution in [0.15, 0.2) is 66.9 Å². The minimum Gasteiger partial charge on any atom is -0.494 e. The van der Waals surface area contributed by atoms with Crippen LogP contribution in [0.1, 0.15) is 28.8 Å². The molecule has 1 heterocycles. The van der Waals surface area contributed by atoms with Gasteiger partial charge in [-0.3, -0.25) is 4.79 Å². The largest absolute Gasteiger partial charge is 0.494 e. The summed E-state index contributed by atoms with van der Waals surface area (Å²) in [5.74, 6) is 0.325. The van der Waals surface area contributed by atoms with E-state index in [0.29, 0.717) is 15.6 Å². The van der Waals surface area contributed by atoms with E-state index in [1.807, 2.05) is 54.1 Å². The minimum absolute atomic E-state index is 0.0128. The van der Waals surface area contributed by atoms with E-state index >= 15 is 0 Å².